The Morgan fingerprint density at radius 3 is 2.72 bits per heavy atom. The minimum atomic E-state index is -3.70. The molecule has 0 saturated carbocycles. The van der Waals surface area contributed by atoms with Crippen molar-refractivity contribution in [2.24, 2.45) is 0 Å². The molecule has 0 radical (unpaired) electrons. The van der Waals surface area contributed by atoms with Gasteiger partial charge in [-0.05, 0) is 52.7 Å². The summed E-state index contributed by atoms with van der Waals surface area (Å²) < 4.78 is 45.7. The van der Waals surface area contributed by atoms with Gasteiger partial charge in [-0.1, -0.05) is 11.3 Å². The van der Waals surface area contributed by atoms with Crippen molar-refractivity contribution in [3.8, 4) is 5.88 Å². The molecule has 0 fully saturated rings. The first-order valence-corrected chi connectivity index (χ1v) is 10.3. The highest BCUT2D eigenvalue weighted by Gasteiger charge is 2.14. The Labute approximate surface area is 156 Å². The number of nitrogens with one attached hydrogen (secondary N) is 1. The summed E-state index contributed by atoms with van der Waals surface area (Å²) in [5.74, 6) is -0.0871. The van der Waals surface area contributed by atoms with Crippen LogP contribution in [0.25, 0.3) is 10.3 Å². The van der Waals surface area contributed by atoms with E-state index in [0.29, 0.717) is 5.88 Å². The monoisotopic (exact) mass is 445 g/mol. The number of aromatic nitrogens is 2. The summed E-state index contributed by atoms with van der Waals surface area (Å²) in [6, 6.07) is 6.36. The number of hydrogen-bond acceptors (Lipinski definition) is 6. The van der Waals surface area contributed by atoms with Gasteiger partial charge in [0.15, 0.2) is 3.92 Å². The zero-order valence-corrected chi connectivity index (χ0v) is 16.2. The first kappa shape index (κ1) is 18.2. The number of sulfonamides is 1. The molecule has 0 spiro atoms. The molecule has 1 aromatic carbocycles. The third kappa shape index (κ3) is 4.32. The van der Waals surface area contributed by atoms with Crippen LogP contribution in [0.15, 0.2) is 39.1 Å². The van der Waals surface area contributed by atoms with Gasteiger partial charge < -0.3 is 4.74 Å². The van der Waals surface area contributed by atoms with E-state index in [0.717, 1.165) is 32.0 Å². The Morgan fingerprint density at radius 2 is 2.00 bits per heavy atom. The van der Waals surface area contributed by atoms with Crippen LogP contribution in [0.5, 0.6) is 5.88 Å². The second kappa shape index (κ2) is 7.32. The highest BCUT2D eigenvalue weighted by atomic mass is 79.9. The maximum atomic E-state index is 12.9. The SMILES string of the molecule is Cc1cc(OCCNS(=O)(=O)c2ccc(F)cc2)nc2sc(Br)nc12. The largest absolute Gasteiger partial charge is 0.476 e. The molecule has 2 aromatic heterocycles. The van der Waals surface area contributed by atoms with E-state index < -0.39 is 15.8 Å². The molecule has 3 aromatic rings. The quantitative estimate of drug-likeness (QED) is 0.588. The van der Waals surface area contributed by atoms with Crippen LogP contribution in [0, 0.1) is 12.7 Å². The normalized spacial score (nSPS) is 11.8. The Hall–Kier alpha value is -1.62. The second-order valence-corrected chi connectivity index (χ2v) is 9.12. The fraction of sp³-hybridized carbons (Fsp3) is 0.200. The van der Waals surface area contributed by atoms with Gasteiger partial charge in [-0.2, -0.15) is 0 Å². The van der Waals surface area contributed by atoms with Crippen LogP contribution < -0.4 is 9.46 Å². The number of ether oxygens (including phenoxy) is 1. The Bertz CT molecular complexity index is 1010. The number of thiazole rings is 1. The minimum absolute atomic E-state index is 0.00111. The van der Waals surface area contributed by atoms with Gasteiger partial charge in [-0.15, -0.1) is 0 Å². The fourth-order valence-electron chi connectivity index (χ4n) is 2.11. The van der Waals surface area contributed by atoms with Gasteiger partial charge in [0.2, 0.25) is 15.9 Å². The number of halogens is 2. The summed E-state index contributed by atoms with van der Waals surface area (Å²) in [4.78, 5) is 9.41. The molecule has 132 valence electrons. The van der Waals surface area contributed by atoms with Crippen molar-refractivity contribution in [1.29, 1.82) is 0 Å². The molecule has 3 rings (SSSR count). The van der Waals surface area contributed by atoms with Crippen LogP contribution in [-0.4, -0.2) is 31.5 Å². The van der Waals surface area contributed by atoms with E-state index in [1.165, 1.54) is 23.5 Å². The molecule has 0 amide bonds. The maximum Gasteiger partial charge on any atom is 0.240 e. The number of benzene rings is 1. The lowest BCUT2D eigenvalue weighted by molar-refractivity contribution is 0.311. The van der Waals surface area contributed by atoms with Crippen LogP contribution >= 0.6 is 27.3 Å². The predicted octanol–water partition coefficient (Wildman–Crippen LogP) is 3.26. The van der Waals surface area contributed by atoms with Crippen LogP contribution in [-0.2, 0) is 10.0 Å². The zero-order valence-electron chi connectivity index (χ0n) is 13.0. The third-order valence-corrected chi connectivity index (χ3v) is 6.15. The molecular weight excluding hydrogens is 433 g/mol. The standard InChI is InChI=1S/C15H13BrFN3O3S2/c1-9-8-12(19-14-13(9)20-15(16)24-14)23-7-6-18-25(21,22)11-4-2-10(17)3-5-11/h2-5,8,18H,6-7H2,1H3. The van der Waals surface area contributed by atoms with E-state index in [-0.39, 0.29) is 18.0 Å². The summed E-state index contributed by atoms with van der Waals surface area (Å²) in [5.41, 5.74) is 1.73. The van der Waals surface area contributed by atoms with Crippen LogP contribution in [0.2, 0.25) is 0 Å². The topological polar surface area (TPSA) is 81.2 Å². The van der Waals surface area contributed by atoms with E-state index in [2.05, 4.69) is 30.6 Å². The van der Waals surface area contributed by atoms with Gasteiger partial charge in [0.05, 0.1) is 4.90 Å². The Morgan fingerprint density at radius 1 is 1.28 bits per heavy atom. The summed E-state index contributed by atoms with van der Waals surface area (Å²) in [5, 5.41) is 0. The molecule has 2 heterocycles. The number of aryl methyl sites for hydroxylation is 1. The van der Waals surface area contributed by atoms with Crippen LogP contribution in [0.4, 0.5) is 4.39 Å². The molecule has 10 heteroatoms. The van der Waals surface area contributed by atoms with Crippen molar-refractivity contribution in [1.82, 2.24) is 14.7 Å². The summed E-state index contributed by atoms with van der Waals surface area (Å²) in [6.45, 7) is 2.07. The van der Waals surface area contributed by atoms with Gasteiger partial charge in [-0.3, -0.25) is 0 Å². The number of pyridine rings is 1. The minimum Gasteiger partial charge on any atom is -0.476 e. The van der Waals surface area contributed by atoms with Crippen molar-refractivity contribution >= 4 is 47.6 Å². The van der Waals surface area contributed by atoms with Crippen molar-refractivity contribution in [3.05, 3.63) is 45.6 Å². The van der Waals surface area contributed by atoms with Gasteiger partial charge >= 0.3 is 0 Å². The molecule has 1 N–H and O–H groups in total. The number of hydrogen-bond donors (Lipinski definition) is 1. The lowest BCUT2D eigenvalue weighted by Crippen LogP contribution is -2.28. The van der Waals surface area contributed by atoms with Crippen molar-refractivity contribution in [3.63, 3.8) is 0 Å². The molecule has 0 unspecified atom stereocenters. The van der Waals surface area contributed by atoms with E-state index in [4.69, 9.17) is 4.74 Å². The second-order valence-electron chi connectivity index (χ2n) is 5.10. The predicted molar refractivity (Wildman–Crippen MR) is 96.9 cm³/mol. The van der Waals surface area contributed by atoms with Gasteiger partial charge in [0.25, 0.3) is 0 Å². The first-order valence-electron chi connectivity index (χ1n) is 7.17. The fourth-order valence-corrected chi connectivity index (χ4v) is 4.49. The van der Waals surface area contributed by atoms with E-state index in [1.54, 1.807) is 6.07 Å². The van der Waals surface area contributed by atoms with Crippen molar-refractivity contribution in [2.75, 3.05) is 13.2 Å². The maximum absolute atomic E-state index is 12.9. The lowest BCUT2D eigenvalue weighted by Gasteiger charge is -2.08. The lowest BCUT2D eigenvalue weighted by atomic mass is 10.3. The number of rotatable bonds is 6. The van der Waals surface area contributed by atoms with E-state index in [1.807, 2.05) is 6.92 Å². The van der Waals surface area contributed by atoms with Crippen molar-refractivity contribution in [2.45, 2.75) is 11.8 Å². The van der Waals surface area contributed by atoms with Crippen molar-refractivity contribution < 1.29 is 17.5 Å². The van der Waals surface area contributed by atoms with Gasteiger partial charge in [0, 0.05) is 12.6 Å². The highest BCUT2D eigenvalue weighted by molar-refractivity contribution is 9.11. The highest BCUT2D eigenvalue weighted by Crippen LogP contribution is 2.28. The molecule has 0 saturated heterocycles. The third-order valence-electron chi connectivity index (χ3n) is 3.28. The van der Waals surface area contributed by atoms with Crippen LogP contribution in [0.1, 0.15) is 5.56 Å². The average Bonchev–Trinajstić information content (AvgIpc) is 2.93. The molecule has 0 atom stereocenters. The molecule has 0 bridgehead atoms. The molecule has 0 aliphatic carbocycles. The number of nitrogens with zero attached hydrogens (tertiary/aromatic N) is 2. The van der Waals surface area contributed by atoms with Gasteiger partial charge in [-0.25, -0.2) is 27.5 Å². The molecular formula is C15H13BrFN3O3S2. The molecule has 0 aliphatic rings. The molecule has 25 heavy (non-hydrogen) atoms. The Kier molecular flexibility index (Phi) is 5.32. The Balaban J connectivity index is 1.60. The molecule has 6 nitrogen and oxygen atoms in total. The summed E-state index contributed by atoms with van der Waals surface area (Å²) in [7, 11) is -3.70. The van der Waals surface area contributed by atoms with Crippen LogP contribution in [0.3, 0.4) is 0 Å². The van der Waals surface area contributed by atoms with E-state index in [9.17, 15) is 12.8 Å². The average molecular weight is 446 g/mol. The summed E-state index contributed by atoms with van der Waals surface area (Å²) >= 11 is 4.72. The zero-order chi connectivity index (χ0) is 18.0. The number of fused-ring (bicyclic) bond motifs is 1. The first-order chi connectivity index (χ1) is 11.8. The summed E-state index contributed by atoms with van der Waals surface area (Å²) in [6.07, 6.45) is 0. The molecule has 0 aliphatic heterocycles. The van der Waals surface area contributed by atoms with E-state index >= 15 is 0 Å². The smallest absolute Gasteiger partial charge is 0.240 e. The van der Waals surface area contributed by atoms with Gasteiger partial charge in [0.1, 0.15) is 22.8 Å².